The molecule has 0 aliphatic carbocycles. The van der Waals surface area contributed by atoms with Crippen LogP contribution in [-0.4, -0.2) is 16.6 Å². The van der Waals surface area contributed by atoms with E-state index in [1.54, 1.807) is 6.07 Å². The molecule has 118 valence electrons. The Balaban J connectivity index is 1.81. The second-order valence-corrected chi connectivity index (χ2v) is 4.69. The standard InChI is InChI=1S/C16H12F3N3O/c17-11-4-3-7-14(23-16(18)19)10(11)8-21-15-9-20-12-5-1-2-6-13(12)22-15/h1-7,9,16H,8H2,(H,21,22). The molecule has 0 bridgehead atoms. The lowest BCUT2D eigenvalue weighted by atomic mass is 10.2. The number of para-hydroxylation sites is 2. The fourth-order valence-corrected chi connectivity index (χ4v) is 2.14. The Bertz CT molecular complexity index is 827. The molecule has 0 atom stereocenters. The topological polar surface area (TPSA) is 47.0 Å². The van der Waals surface area contributed by atoms with E-state index in [9.17, 15) is 13.2 Å². The van der Waals surface area contributed by atoms with Crippen LogP contribution in [0.5, 0.6) is 5.75 Å². The SMILES string of the molecule is Fc1cccc(OC(F)F)c1CNc1cnc2ccccc2n1. The zero-order chi connectivity index (χ0) is 16.2. The predicted octanol–water partition coefficient (Wildman–Crippen LogP) is 3.98. The number of rotatable bonds is 5. The van der Waals surface area contributed by atoms with Crippen molar-refractivity contribution >= 4 is 16.9 Å². The molecule has 0 aliphatic rings. The van der Waals surface area contributed by atoms with Gasteiger partial charge in [0.1, 0.15) is 17.4 Å². The number of halogens is 3. The van der Waals surface area contributed by atoms with Crippen molar-refractivity contribution in [2.45, 2.75) is 13.2 Å². The number of fused-ring (bicyclic) bond motifs is 1. The summed E-state index contributed by atoms with van der Waals surface area (Å²) in [5, 5.41) is 2.87. The van der Waals surface area contributed by atoms with Gasteiger partial charge in [-0.15, -0.1) is 0 Å². The van der Waals surface area contributed by atoms with Gasteiger partial charge in [0.15, 0.2) is 0 Å². The Labute approximate surface area is 129 Å². The zero-order valence-corrected chi connectivity index (χ0v) is 11.8. The van der Waals surface area contributed by atoms with Gasteiger partial charge in [-0.2, -0.15) is 8.78 Å². The molecule has 0 unspecified atom stereocenters. The van der Waals surface area contributed by atoms with Gasteiger partial charge in [0.05, 0.1) is 17.2 Å². The van der Waals surface area contributed by atoms with Crippen molar-refractivity contribution in [2.75, 3.05) is 5.32 Å². The van der Waals surface area contributed by atoms with Crippen LogP contribution in [0, 0.1) is 5.82 Å². The number of ether oxygens (including phenoxy) is 1. The second kappa shape index (κ2) is 6.51. The summed E-state index contributed by atoms with van der Waals surface area (Å²) >= 11 is 0. The molecular formula is C16H12F3N3O. The maximum atomic E-state index is 13.9. The lowest BCUT2D eigenvalue weighted by Crippen LogP contribution is -2.09. The Morgan fingerprint density at radius 2 is 1.83 bits per heavy atom. The average Bonchev–Trinajstić information content (AvgIpc) is 2.53. The summed E-state index contributed by atoms with van der Waals surface area (Å²) in [6.07, 6.45) is 1.50. The minimum absolute atomic E-state index is 0.00255. The van der Waals surface area contributed by atoms with E-state index in [1.165, 1.54) is 24.4 Å². The summed E-state index contributed by atoms with van der Waals surface area (Å²) in [5.74, 6) is -0.430. The highest BCUT2D eigenvalue weighted by Gasteiger charge is 2.13. The van der Waals surface area contributed by atoms with E-state index in [0.717, 1.165) is 5.52 Å². The molecule has 7 heteroatoms. The van der Waals surface area contributed by atoms with Crippen LogP contribution in [0.25, 0.3) is 11.0 Å². The minimum Gasteiger partial charge on any atom is -0.434 e. The van der Waals surface area contributed by atoms with Crippen LogP contribution < -0.4 is 10.1 Å². The molecule has 3 aromatic rings. The van der Waals surface area contributed by atoms with Crippen LogP contribution in [0.4, 0.5) is 19.0 Å². The number of benzene rings is 2. The maximum absolute atomic E-state index is 13.9. The van der Waals surface area contributed by atoms with Gasteiger partial charge in [-0.1, -0.05) is 18.2 Å². The van der Waals surface area contributed by atoms with E-state index in [2.05, 4.69) is 20.0 Å². The van der Waals surface area contributed by atoms with Gasteiger partial charge in [-0.25, -0.2) is 9.37 Å². The van der Waals surface area contributed by atoms with Crippen molar-refractivity contribution in [3.63, 3.8) is 0 Å². The van der Waals surface area contributed by atoms with Crippen molar-refractivity contribution in [2.24, 2.45) is 0 Å². The Morgan fingerprint density at radius 1 is 1.04 bits per heavy atom. The third kappa shape index (κ3) is 3.50. The first kappa shape index (κ1) is 15.1. The molecule has 0 radical (unpaired) electrons. The number of nitrogens with zero attached hydrogens (tertiary/aromatic N) is 2. The van der Waals surface area contributed by atoms with Gasteiger partial charge < -0.3 is 10.1 Å². The number of nitrogens with one attached hydrogen (secondary N) is 1. The lowest BCUT2D eigenvalue weighted by molar-refractivity contribution is -0.0505. The van der Waals surface area contributed by atoms with Crippen molar-refractivity contribution < 1.29 is 17.9 Å². The average molecular weight is 319 g/mol. The smallest absolute Gasteiger partial charge is 0.387 e. The van der Waals surface area contributed by atoms with Crippen LogP contribution >= 0.6 is 0 Å². The van der Waals surface area contributed by atoms with Crippen molar-refractivity contribution in [3.8, 4) is 5.75 Å². The van der Waals surface area contributed by atoms with E-state index in [-0.39, 0.29) is 17.9 Å². The lowest BCUT2D eigenvalue weighted by Gasteiger charge is -2.12. The first-order chi connectivity index (χ1) is 11.1. The second-order valence-electron chi connectivity index (χ2n) is 4.69. The Morgan fingerprint density at radius 3 is 2.61 bits per heavy atom. The molecule has 0 amide bonds. The molecule has 23 heavy (non-hydrogen) atoms. The normalized spacial score (nSPS) is 11.0. The predicted molar refractivity (Wildman–Crippen MR) is 79.9 cm³/mol. The van der Waals surface area contributed by atoms with Crippen LogP contribution in [-0.2, 0) is 6.54 Å². The highest BCUT2D eigenvalue weighted by Crippen LogP contribution is 2.24. The van der Waals surface area contributed by atoms with Crippen molar-refractivity contribution in [1.82, 2.24) is 9.97 Å². The first-order valence-electron chi connectivity index (χ1n) is 6.81. The quantitative estimate of drug-likeness (QED) is 0.772. The Hall–Kier alpha value is -2.83. The number of aromatic nitrogens is 2. The molecule has 3 rings (SSSR count). The van der Waals surface area contributed by atoms with E-state index < -0.39 is 12.4 Å². The summed E-state index contributed by atoms with van der Waals surface area (Å²) in [5.41, 5.74) is 1.41. The number of alkyl halides is 2. The van der Waals surface area contributed by atoms with Gasteiger partial charge in [-0.3, -0.25) is 4.98 Å². The monoisotopic (exact) mass is 319 g/mol. The fraction of sp³-hybridized carbons (Fsp3) is 0.125. The number of hydrogen-bond acceptors (Lipinski definition) is 4. The molecule has 1 aromatic heterocycles. The summed E-state index contributed by atoms with van der Waals surface area (Å²) in [7, 11) is 0. The number of anilines is 1. The van der Waals surface area contributed by atoms with E-state index in [4.69, 9.17) is 0 Å². The van der Waals surface area contributed by atoms with Gasteiger partial charge in [0.25, 0.3) is 0 Å². The maximum Gasteiger partial charge on any atom is 0.387 e. The molecule has 2 aromatic carbocycles. The van der Waals surface area contributed by atoms with Crippen LogP contribution in [0.1, 0.15) is 5.56 Å². The molecule has 0 aliphatic heterocycles. The molecule has 1 heterocycles. The minimum atomic E-state index is -3.02. The Kier molecular flexibility index (Phi) is 4.27. The molecule has 0 fully saturated rings. The van der Waals surface area contributed by atoms with Gasteiger partial charge in [0.2, 0.25) is 0 Å². The first-order valence-corrected chi connectivity index (χ1v) is 6.81. The van der Waals surface area contributed by atoms with Crippen LogP contribution in [0.2, 0.25) is 0 Å². The van der Waals surface area contributed by atoms with Gasteiger partial charge in [0, 0.05) is 12.1 Å². The highest BCUT2D eigenvalue weighted by molar-refractivity contribution is 5.75. The van der Waals surface area contributed by atoms with Crippen molar-refractivity contribution in [3.05, 3.63) is 60.0 Å². The third-order valence-electron chi connectivity index (χ3n) is 3.19. The summed E-state index contributed by atoms with van der Waals surface area (Å²) in [6, 6.07) is 11.1. The van der Waals surface area contributed by atoms with Crippen molar-refractivity contribution in [1.29, 1.82) is 0 Å². The zero-order valence-electron chi connectivity index (χ0n) is 11.8. The van der Waals surface area contributed by atoms with E-state index in [1.807, 2.05) is 18.2 Å². The van der Waals surface area contributed by atoms with Crippen LogP contribution in [0.15, 0.2) is 48.7 Å². The molecule has 4 nitrogen and oxygen atoms in total. The summed E-state index contributed by atoms with van der Waals surface area (Å²) in [4.78, 5) is 8.54. The van der Waals surface area contributed by atoms with E-state index >= 15 is 0 Å². The van der Waals surface area contributed by atoms with E-state index in [0.29, 0.717) is 11.3 Å². The van der Waals surface area contributed by atoms with Gasteiger partial charge in [-0.05, 0) is 24.3 Å². The molecule has 0 spiro atoms. The molecule has 0 saturated heterocycles. The molecule has 0 saturated carbocycles. The largest absolute Gasteiger partial charge is 0.434 e. The fourth-order valence-electron chi connectivity index (χ4n) is 2.14. The molecular weight excluding hydrogens is 307 g/mol. The van der Waals surface area contributed by atoms with Crippen LogP contribution in [0.3, 0.4) is 0 Å². The van der Waals surface area contributed by atoms with Gasteiger partial charge >= 0.3 is 6.61 Å². The third-order valence-corrected chi connectivity index (χ3v) is 3.19. The summed E-state index contributed by atoms with van der Waals surface area (Å²) < 4.78 is 43.0. The highest BCUT2D eigenvalue weighted by atomic mass is 19.3. The molecule has 1 N–H and O–H groups in total. The summed E-state index contributed by atoms with van der Waals surface area (Å²) in [6.45, 7) is -3.07. The number of hydrogen-bond donors (Lipinski definition) is 1.